The molecule has 132 valence electrons. The number of hydrogen-bond donors (Lipinski definition) is 1. The zero-order chi connectivity index (χ0) is 15.6. The first-order chi connectivity index (χ1) is 11.3. The third-order valence-electron chi connectivity index (χ3n) is 4.69. The average molecular weight is 355 g/mol. The Morgan fingerprint density at radius 1 is 1.17 bits per heavy atom. The van der Waals surface area contributed by atoms with E-state index in [2.05, 4.69) is 5.32 Å². The van der Waals surface area contributed by atoms with Crippen molar-refractivity contribution in [2.75, 3.05) is 39.5 Å². The van der Waals surface area contributed by atoms with Crippen LogP contribution in [-0.2, 0) is 9.53 Å². The highest BCUT2D eigenvalue weighted by Crippen LogP contribution is 2.38. The summed E-state index contributed by atoms with van der Waals surface area (Å²) in [6.07, 6.45) is 1.64. The van der Waals surface area contributed by atoms with Crippen LogP contribution in [0.2, 0.25) is 0 Å². The number of hydrogen-bond acceptors (Lipinski definition) is 5. The summed E-state index contributed by atoms with van der Waals surface area (Å²) in [5.41, 5.74) is 1.11. The van der Waals surface area contributed by atoms with Crippen LogP contribution >= 0.6 is 12.4 Å². The number of benzene rings is 1. The fourth-order valence-corrected chi connectivity index (χ4v) is 3.55. The first kappa shape index (κ1) is 17.3. The molecule has 0 spiro atoms. The molecular weight excluding hydrogens is 332 g/mol. The predicted octanol–water partition coefficient (Wildman–Crippen LogP) is 1.53. The van der Waals surface area contributed by atoms with Crippen LogP contribution in [-0.4, -0.2) is 56.4 Å². The number of halogens is 1. The molecule has 2 atom stereocenters. The second-order valence-electron chi connectivity index (χ2n) is 6.16. The molecule has 0 bridgehead atoms. The Labute approximate surface area is 147 Å². The van der Waals surface area contributed by atoms with E-state index in [1.54, 1.807) is 0 Å². The molecule has 0 aromatic heterocycles. The summed E-state index contributed by atoms with van der Waals surface area (Å²) in [6, 6.07) is 6.11. The van der Waals surface area contributed by atoms with Gasteiger partial charge in [0.05, 0.1) is 12.6 Å². The summed E-state index contributed by atoms with van der Waals surface area (Å²) in [5, 5.41) is 3.23. The molecule has 2 saturated heterocycles. The number of nitrogens with zero attached hydrogens (tertiary/aromatic N) is 1. The lowest BCUT2D eigenvalue weighted by Gasteiger charge is -2.31. The first-order valence-corrected chi connectivity index (χ1v) is 8.35. The monoisotopic (exact) mass is 354 g/mol. The molecule has 2 fully saturated rings. The lowest BCUT2D eigenvalue weighted by atomic mass is 10.0. The molecule has 2 unspecified atom stereocenters. The van der Waals surface area contributed by atoms with E-state index in [-0.39, 0.29) is 30.5 Å². The van der Waals surface area contributed by atoms with Crippen molar-refractivity contribution >= 4 is 18.3 Å². The summed E-state index contributed by atoms with van der Waals surface area (Å²) in [5.74, 6) is 1.66. The van der Waals surface area contributed by atoms with Gasteiger partial charge in [-0.25, -0.2) is 0 Å². The molecule has 1 aromatic carbocycles. The topological polar surface area (TPSA) is 60.0 Å². The smallest absolute Gasteiger partial charge is 0.253 e. The van der Waals surface area contributed by atoms with Crippen LogP contribution in [0.25, 0.3) is 0 Å². The van der Waals surface area contributed by atoms with E-state index in [1.807, 2.05) is 23.1 Å². The number of morpholine rings is 1. The van der Waals surface area contributed by atoms with Crippen LogP contribution in [0.3, 0.4) is 0 Å². The van der Waals surface area contributed by atoms with Gasteiger partial charge in [0.1, 0.15) is 19.3 Å². The highest BCUT2D eigenvalue weighted by atomic mass is 35.5. The van der Waals surface area contributed by atoms with E-state index in [1.165, 1.54) is 0 Å². The SMILES string of the molecule is Cl.O=C(C1CNCCO1)N1CCCC1c1ccc2c(c1)OCCO2. The Bertz CT molecular complexity index is 592. The summed E-state index contributed by atoms with van der Waals surface area (Å²) in [7, 11) is 0. The maximum absolute atomic E-state index is 12.8. The average Bonchev–Trinajstić information content (AvgIpc) is 3.11. The third kappa shape index (κ3) is 3.31. The van der Waals surface area contributed by atoms with Crippen molar-refractivity contribution in [3.05, 3.63) is 23.8 Å². The maximum Gasteiger partial charge on any atom is 0.253 e. The van der Waals surface area contributed by atoms with Crippen molar-refractivity contribution in [3.8, 4) is 11.5 Å². The zero-order valence-corrected chi connectivity index (χ0v) is 14.3. The Hall–Kier alpha value is -1.50. The van der Waals surface area contributed by atoms with Gasteiger partial charge < -0.3 is 24.4 Å². The first-order valence-electron chi connectivity index (χ1n) is 8.35. The van der Waals surface area contributed by atoms with Crippen LogP contribution < -0.4 is 14.8 Å². The lowest BCUT2D eigenvalue weighted by molar-refractivity contribution is -0.146. The summed E-state index contributed by atoms with van der Waals surface area (Å²) in [4.78, 5) is 14.7. The molecule has 4 rings (SSSR count). The van der Waals surface area contributed by atoms with Crippen LogP contribution in [0, 0.1) is 0 Å². The van der Waals surface area contributed by atoms with Gasteiger partial charge in [0.15, 0.2) is 11.5 Å². The van der Waals surface area contributed by atoms with Gasteiger partial charge in [-0.3, -0.25) is 4.79 Å². The number of nitrogens with one attached hydrogen (secondary N) is 1. The van der Waals surface area contributed by atoms with Gasteiger partial charge in [0, 0.05) is 19.6 Å². The molecular formula is C17H23ClN2O4. The molecule has 24 heavy (non-hydrogen) atoms. The molecule has 0 saturated carbocycles. The van der Waals surface area contributed by atoms with E-state index in [9.17, 15) is 4.79 Å². The molecule has 6 nitrogen and oxygen atoms in total. The van der Waals surface area contributed by atoms with Crippen LogP contribution in [0.1, 0.15) is 24.4 Å². The van der Waals surface area contributed by atoms with Gasteiger partial charge >= 0.3 is 0 Å². The molecule has 0 radical (unpaired) electrons. The fourth-order valence-electron chi connectivity index (χ4n) is 3.55. The van der Waals surface area contributed by atoms with Crippen LogP contribution in [0.5, 0.6) is 11.5 Å². The summed E-state index contributed by atoms with van der Waals surface area (Å²) in [6.45, 7) is 3.97. The quantitative estimate of drug-likeness (QED) is 0.872. The molecule has 3 heterocycles. The fraction of sp³-hybridized carbons (Fsp3) is 0.588. The molecule has 1 N–H and O–H groups in total. The van der Waals surface area contributed by atoms with Crippen molar-refractivity contribution < 1.29 is 19.0 Å². The van der Waals surface area contributed by atoms with Crippen molar-refractivity contribution in [2.45, 2.75) is 25.0 Å². The van der Waals surface area contributed by atoms with Crippen molar-refractivity contribution in [1.82, 2.24) is 10.2 Å². The summed E-state index contributed by atoms with van der Waals surface area (Å²) < 4.78 is 16.9. The van der Waals surface area contributed by atoms with Crippen molar-refractivity contribution in [3.63, 3.8) is 0 Å². The molecule has 1 amide bonds. The van der Waals surface area contributed by atoms with E-state index >= 15 is 0 Å². The number of fused-ring (bicyclic) bond motifs is 1. The number of ether oxygens (including phenoxy) is 3. The normalized spacial score (nSPS) is 25.9. The van der Waals surface area contributed by atoms with Gasteiger partial charge in [0.2, 0.25) is 0 Å². The van der Waals surface area contributed by atoms with Gasteiger partial charge in [-0.15, -0.1) is 12.4 Å². The van der Waals surface area contributed by atoms with E-state index in [0.29, 0.717) is 26.4 Å². The van der Waals surface area contributed by atoms with Gasteiger partial charge in [0.25, 0.3) is 5.91 Å². The minimum Gasteiger partial charge on any atom is -0.486 e. The molecule has 3 aliphatic rings. The molecule has 3 aliphatic heterocycles. The highest BCUT2D eigenvalue weighted by molar-refractivity contribution is 5.85. The van der Waals surface area contributed by atoms with Crippen molar-refractivity contribution in [1.29, 1.82) is 0 Å². The minimum absolute atomic E-state index is 0. The Morgan fingerprint density at radius 2 is 2.00 bits per heavy atom. The number of likely N-dealkylation sites (tertiary alicyclic amines) is 1. The van der Waals surface area contributed by atoms with Gasteiger partial charge in [-0.1, -0.05) is 6.07 Å². The minimum atomic E-state index is -0.360. The number of carbonyl (C=O) groups is 1. The Balaban J connectivity index is 0.00000169. The zero-order valence-electron chi connectivity index (χ0n) is 13.5. The number of rotatable bonds is 2. The molecule has 0 aliphatic carbocycles. The predicted molar refractivity (Wildman–Crippen MR) is 91.0 cm³/mol. The molecule has 1 aromatic rings. The van der Waals surface area contributed by atoms with E-state index < -0.39 is 0 Å². The molecule has 7 heteroatoms. The van der Waals surface area contributed by atoms with Gasteiger partial charge in [-0.05, 0) is 30.5 Å². The number of amides is 1. The second kappa shape index (κ2) is 7.59. The van der Waals surface area contributed by atoms with Crippen LogP contribution in [0.15, 0.2) is 18.2 Å². The third-order valence-corrected chi connectivity index (χ3v) is 4.69. The summed E-state index contributed by atoms with van der Waals surface area (Å²) >= 11 is 0. The van der Waals surface area contributed by atoms with Crippen molar-refractivity contribution in [2.24, 2.45) is 0 Å². The number of carbonyl (C=O) groups excluding carboxylic acids is 1. The maximum atomic E-state index is 12.8. The van der Waals surface area contributed by atoms with E-state index in [4.69, 9.17) is 14.2 Å². The van der Waals surface area contributed by atoms with Gasteiger partial charge in [-0.2, -0.15) is 0 Å². The standard InChI is InChI=1S/C17H22N2O4.ClH/c20-17(16-11-18-5-7-21-16)19-6-1-2-13(19)12-3-4-14-15(10-12)23-9-8-22-14;/h3-4,10,13,16,18H,1-2,5-9,11H2;1H. The Morgan fingerprint density at radius 3 is 2.79 bits per heavy atom. The lowest BCUT2D eigenvalue weighted by Crippen LogP contribution is -2.49. The second-order valence-corrected chi connectivity index (χ2v) is 6.16. The highest BCUT2D eigenvalue weighted by Gasteiger charge is 2.35. The largest absolute Gasteiger partial charge is 0.486 e. The van der Waals surface area contributed by atoms with Crippen LogP contribution in [0.4, 0.5) is 0 Å². The van der Waals surface area contributed by atoms with E-state index in [0.717, 1.165) is 43.0 Å². The Kier molecular flexibility index (Phi) is 5.48.